The van der Waals surface area contributed by atoms with Crippen LogP contribution in [0.5, 0.6) is 0 Å². The van der Waals surface area contributed by atoms with E-state index in [4.69, 9.17) is 0 Å². The predicted octanol–water partition coefficient (Wildman–Crippen LogP) is 2.81. The second-order valence-corrected chi connectivity index (χ2v) is 4.66. The third-order valence-corrected chi connectivity index (χ3v) is 3.27. The van der Waals surface area contributed by atoms with Crippen molar-refractivity contribution in [3.8, 4) is 0 Å². The largest absolute Gasteiger partial charge is 0.308 e. The molecule has 0 radical (unpaired) electrons. The van der Waals surface area contributed by atoms with Crippen molar-refractivity contribution in [1.29, 1.82) is 0 Å². The minimum absolute atomic E-state index is 0.875. The monoisotopic (exact) mass is 243 g/mol. The standard InChI is InChI=1S/C15H21N3/c1-4-18-13(3)15(11-17-18)10-16-9-14-7-5-12(2)6-8-14/h5-8,11,16H,4,9-10H2,1-3H3. The van der Waals surface area contributed by atoms with Crippen molar-refractivity contribution in [1.82, 2.24) is 15.1 Å². The van der Waals surface area contributed by atoms with E-state index in [-0.39, 0.29) is 0 Å². The van der Waals surface area contributed by atoms with Crippen LogP contribution in [-0.2, 0) is 19.6 Å². The van der Waals surface area contributed by atoms with E-state index in [0.717, 1.165) is 19.6 Å². The summed E-state index contributed by atoms with van der Waals surface area (Å²) in [6.07, 6.45) is 1.96. The summed E-state index contributed by atoms with van der Waals surface area (Å²) in [5.74, 6) is 0. The molecule has 0 spiro atoms. The molecule has 0 fully saturated rings. The predicted molar refractivity (Wildman–Crippen MR) is 74.4 cm³/mol. The molecule has 1 aromatic heterocycles. The Morgan fingerprint density at radius 3 is 2.44 bits per heavy atom. The molecule has 0 aliphatic carbocycles. The van der Waals surface area contributed by atoms with Crippen molar-refractivity contribution in [3.05, 3.63) is 52.8 Å². The number of hydrogen-bond acceptors (Lipinski definition) is 2. The van der Waals surface area contributed by atoms with E-state index < -0.39 is 0 Å². The van der Waals surface area contributed by atoms with Crippen molar-refractivity contribution in [3.63, 3.8) is 0 Å². The number of hydrogen-bond donors (Lipinski definition) is 1. The normalized spacial score (nSPS) is 10.8. The lowest BCUT2D eigenvalue weighted by molar-refractivity contribution is 0.633. The molecule has 3 nitrogen and oxygen atoms in total. The van der Waals surface area contributed by atoms with E-state index in [1.807, 2.05) is 10.9 Å². The first kappa shape index (κ1) is 12.8. The van der Waals surface area contributed by atoms with Gasteiger partial charge in [-0.1, -0.05) is 29.8 Å². The Bertz CT molecular complexity index is 497. The lowest BCUT2D eigenvalue weighted by atomic mass is 10.1. The molecular formula is C15H21N3. The number of benzene rings is 1. The molecule has 0 aliphatic heterocycles. The van der Waals surface area contributed by atoms with Gasteiger partial charge < -0.3 is 5.32 Å². The number of aromatic nitrogens is 2. The first-order chi connectivity index (χ1) is 8.70. The molecule has 0 saturated heterocycles. The Morgan fingerprint density at radius 2 is 1.83 bits per heavy atom. The topological polar surface area (TPSA) is 29.9 Å². The molecule has 0 unspecified atom stereocenters. The molecule has 1 aromatic carbocycles. The Hall–Kier alpha value is -1.61. The zero-order valence-corrected chi connectivity index (χ0v) is 11.4. The van der Waals surface area contributed by atoms with Crippen LogP contribution in [0.4, 0.5) is 0 Å². The first-order valence-corrected chi connectivity index (χ1v) is 6.48. The highest BCUT2D eigenvalue weighted by atomic mass is 15.3. The van der Waals surface area contributed by atoms with E-state index in [1.165, 1.54) is 22.4 Å². The molecule has 0 saturated carbocycles. The summed E-state index contributed by atoms with van der Waals surface area (Å²) in [6.45, 7) is 9.06. The van der Waals surface area contributed by atoms with Crippen molar-refractivity contribution < 1.29 is 0 Å². The highest BCUT2D eigenvalue weighted by Gasteiger charge is 2.04. The highest BCUT2D eigenvalue weighted by molar-refractivity contribution is 5.21. The molecule has 96 valence electrons. The molecule has 18 heavy (non-hydrogen) atoms. The van der Waals surface area contributed by atoms with E-state index in [0.29, 0.717) is 0 Å². The Balaban J connectivity index is 1.88. The van der Waals surface area contributed by atoms with Crippen LogP contribution in [0.15, 0.2) is 30.5 Å². The Kier molecular flexibility index (Phi) is 4.15. The number of rotatable bonds is 5. The van der Waals surface area contributed by atoms with Crippen LogP contribution in [0, 0.1) is 13.8 Å². The van der Waals surface area contributed by atoms with Crippen LogP contribution < -0.4 is 5.32 Å². The molecule has 1 heterocycles. The van der Waals surface area contributed by atoms with Crippen LogP contribution in [0.2, 0.25) is 0 Å². The van der Waals surface area contributed by atoms with Gasteiger partial charge in [0.25, 0.3) is 0 Å². The summed E-state index contributed by atoms with van der Waals surface area (Å²) in [5, 5.41) is 7.81. The molecule has 0 atom stereocenters. The fourth-order valence-electron chi connectivity index (χ4n) is 2.02. The minimum atomic E-state index is 0.875. The van der Waals surface area contributed by atoms with E-state index in [2.05, 4.69) is 55.5 Å². The van der Waals surface area contributed by atoms with Gasteiger partial charge in [0.1, 0.15) is 0 Å². The molecule has 3 heteroatoms. The maximum Gasteiger partial charge on any atom is 0.0537 e. The molecule has 2 aromatic rings. The lowest BCUT2D eigenvalue weighted by Gasteiger charge is -2.06. The average Bonchev–Trinajstić information content (AvgIpc) is 2.73. The smallest absolute Gasteiger partial charge is 0.0537 e. The second-order valence-electron chi connectivity index (χ2n) is 4.66. The van der Waals surface area contributed by atoms with Crippen molar-refractivity contribution in [2.45, 2.75) is 40.4 Å². The fraction of sp³-hybridized carbons (Fsp3) is 0.400. The number of aryl methyl sites for hydroxylation is 2. The first-order valence-electron chi connectivity index (χ1n) is 6.48. The maximum absolute atomic E-state index is 4.35. The van der Waals surface area contributed by atoms with Gasteiger partial charge in [0.2, 0.25) is 0 Å². The molecule has 1 N–H and O–H groups in total. The third kappa shape index (κ3) is 2.99. The van der Waals surface area contributed by atoms with Gasteiger partial charge in [-0.15, -0.1) is 0 Å². The van der Waals surface area contributed by atoms with Crippen LogP contribution in [-0.4, -0.2) is 9.78 Å². The Labute approximate surface area is 109 Å². The summed E-state index contributed by atoms with van der Waals surface area (Å²) in [6, 6.07) is 8.64. The summed E-state index contributed by atoms with van der Waals surface area (Å²) in [5.41, 5.74) is 5.16. The molecule has 2 rings (SSSR count). The molecule has 0 amide bonds. The van der Waals surface area contributed by atoms with Crippen LogP contribution in [0.3, 0.4) is 0 Å². The quantitative estimate of drug-likeness (QED) is 0.875. The summed E-state index contributed by atoms with van der Waals surface area (Å²) in [7, 11) is 0. The van der Waals surface area contributed by atoms with Gasteiger partial charge in [-0.3, -0.25) is 4.68 Å². The van der Waals surface area contributed by atoms with Gasteiger partial charge in [-0.05, 0) is 26.3 Å². The zero-order valence-electron chi connectivity index (χ0n) is 11.4. The molecule has 0 bridgehead atoms. The zero-order chi connectivity index (χ0) is 13.0. The van der Waals surface area contributed by atoms with E-state index >= 15 is 0 Å². The molecular weight excluding hydrogens is 222 g/mol. The van der Waals surface area contributed by atoms with Crippen LogP contribution >= 0.6 is 0 Å². The lowest BCUT2D eigenvalue weighted by Crippen LogP contribution is -2.13. The minimum Gasteiger partial charge on any atom is -0.308 e. The number of nitrogens with zero attached hydrogens (tertiary/aromatic N) is 2. The highest BCUT2D eigenvalue weighted by Crippen LogP contribution is 2.07. The van der Waals surface area contributed by atoms with E-state index in [9.17, 15) is 0 Å². The number of nitrogens with one attached hydrogen (secondary N) is 1. The fourth-order valence-corrected chi connectivity index (χ4v) is 2.02. The average molecular weight is 243 g/mol. The van der Waals surface area contributed by atoms with E-state index in [1.54, 1.807) is 0 Å². The summed E-state index contributed by atoms with van der Waals surface area (Å²) < 4.78 is 2.03. The third-order valence-electron chi connectivity index (χ3n) is 3.27. The van der Waals surface area contributed by atoms with Gasteiger partial charge in [-0.2, -0.15) is 5.10 Å². The van der Waals surface area contributed by atoms with Gasteiger partial charge >= 0.3 is 0 Å². The van der Waals surface area contributed by atoms with Crippen molar-refractivity contribution in [2.75, 3.05) is 0 Å². The van der Waals surface area contributed by atoms with Gasteiger partial charge in [0.15, 0.2) is 0 Å². The maximum atomic E-state index is 4.35. The van der Waals surface area contributed by atoms with Gasteiger partial charge in [0.05, 0.1) is 6.20 Å². The summed E-state index contributed by atoms with van der Waals surface area (Å²) >= 11 is 0. The molecule has 0 aliphatic rings. The second kappa shape index (κ2) is 5.83. The van der Waals surface area contributed by atoms with Gasteiger partial charge in [-0.25, -0.2) is 0 Å². The SMILES string of the molecule is CCn1ncc(CNCc2ccc(C)cc2)c1C. The summed E-state index contributed by atoms with van der Waals surface area (Å²) in [4.78, 5) is 0. The van der Waals surface area contributed by atoms with Crippen molar-refractivity contribution in [2.24, 2.45) is 0 Å². The van der Waals surface area contributed by atoms with Crippen LogP contribution in [0.1, 0.15) is 29.3 Å². The van der Waals surface area contributed by atoms with Crippen LogP contribution in [0.25, 0.3) is 0 Å². The van der Waals surface area contributed by atoms with Crippen molar-refractivity contribution >= 4 is 0 Å². The van der Waals surface area contributed by atoms with Gasteiger partial charge in [0, 0.05) is 30.9 Å². The Morgan fingerprint density at radius 1 is 1.11 bits per heavy atom.